The van der Waals surface area contributed by atoms with E-state index in [0.717, 1.165) is 0 Å². The summed E-state index contributed by atoms with van der Waals surface area (Å²) in [6, 6.07) is 4.54. The van der Waals surface area contributed by atoms with Crippen LogP contribution in [0.1, 0.15) is 12.5 Å². The zero-order valence-electron chi connectivity index (χ0n) is 7.61. The zero-order valence-corrected chi connectivity index (χ0v) is 8.36. The van der Waals surface area contributed by atoms with Crippen LogP contribution in [-0.2, 0) is 0 Å². The Morgan fingerprint density at radius 2 is 2.21 bits per heavy atom. The topological polar surface area (TPSA) is 52.8 Å². The van der Waals surface area contributed by atoms with Crippen molar-refractivity contribution in [3.63, 3.8) is 0 Å². The molecule has 0 aliphatic rings. The fraction of sp³-hybridized carbons (Fsp3) is 0.100. The summed E-state index contributed by atoms with van der Waals surface area (Å²) in [4.78, 5) is 0. The second-order valence-corrected chi connectivity index (χ2v) is 3.08. The molecule has 0 unspecified atom stereocenters. The van der Waals surface area contributed by atoms with Crippen molar-refractivity contribution in [1.82, 2.24) is 0 Å². The van der Waals surface area contributed by atoms with Gasteiger partial charge >= 0.3 is 0 Å². The van der Waals surface area contributed by atoms with Crippen molar-refractivity contribution < 1.29 is 10.3 Å². The molecule has 0 atom stereocenters. The van der Waals surface area contributed by atoms with Gasteiger partial charge in [0.05, 0.1) is 0 Å². The molecule has 0 aliphatic heterocycles. The predicted molar refractivity (Wildman–Crippen MR) is 56.3 cm³/mol. The highest BCUT2D eigenvalue weighted by molar-refractivity contribution is 6.31. The van der Waals surface area contributed by atoms with Crippen molar-refractivity contribution in [2.45, 2.75) is 6.92 Å². The Morgan fingerprint density at radius 3 is 2.79 bits per heavy atom. The Morgan fingerprint density at radius 1 is 1.50 bits per heavy atom. The van der Waals surface area contributed by atoms with Crippen LogP contribution >= 0.6 is 11.6 Å². The van der Waals surface area contributed by atoms with Gasteiger partial charge in [0.15, 0.2) is 0 Å². The van der Waals surface area contributed by atoms with Gasteiger partial charge in [-0.15, -0.1) is 0 Å². The molecule has 0 spiro atoms. The van der Waals surface area contributed by atoms with Crippen LogP contribution in [0, 0.1) is 0 Å². The minimum atomic E-state index is 0.0281. The van der Waals surface area contributed by atoms with E-state index < -0.39 is 0 Å². The fourth-order valence-electron chi connectivity index (χ4n) is 1.05. The second-order valence-electron chi connectivity index (χ2n) is 2.65. The van der Waals surface area contributed by atoms with Gasteiger partial charge in [0.2, 0.25) is 0 Å². The lowest BCUT2D eigenvalue weighted by molar-refractivity contribution is 0.319. The number of allylic oxidation sites excluding steroid dienone is 2. The highest BCUT2D eigenvalue weighted by atomic mass is 35.5. The monoisotopic (exact) mass is 211 g/mol. The summed E-state index contributed by atoms with van der Waals surface area (Å²) in [6.07, 6.45) is 3.28. The van der Waals surface area contributed by atoms with E-state index >= 15 is 0 Å². The summed E-state index contributed by atoms with van der Waals surface area (Å²) in [5.41, 5.74) is 0.672. The Labute approximate surface area is 86.9 Å². The first-order valence-corrected chi connectivity index (χ1v) is 4.40. The van der Waals surface area contributed by atoms with Gasteiger partial charge in [0.25, 0.3) is 0 Å². The third-order valence-corrected chi connectivity index (χ3v) is 1.90. The van der Waals surface area contributed by atoms with Crippen molar-refractivity contribution >= 4 is 17.3 Å². The van der Waals surface area contributed by atoms with Gasteiger partial charge in [-0.05, 0) is 31.2 Å². The molecule has 1 aromatic carbocycles. The van der Waals surface area contributed by atoms with E-state index in [1.807, 2.05) is 0 Å². The largest absolute Gasteiger partial charge is 0.507 e. The molecule has 0 radical (unpaired) electrons. The number of benzene rings is 1. The maximum Gasteiger partial charge on any atom is 0.125 e. The summed E-state index contributed by atoms with van der Waals surface area (Å²) in [5.74, 6) is 0.0281. The SMILES string of the molecule is C/C=C/C(=N/O)c1cc(Cl)ccc1O. The van der Waals surface area contributed by atoms with Gasteiger partial charge in [-0.25, -0.2) is 0 Å². The molecular formula is C10H10ClNO2. The molecular weight excluding hydrogens is 202 g/mol. The van der Waals surface area contributed by atoms with Gasteiger partial charge in [0.1, 0.15) is 11.5 Å². The third kappa shape index (κ3) is 2.26. The van der Waals surface area contributed by atoms with E-state index in [9.17, 15) is 5.11 Å². The summed E-state index contributed by atoms with van der Waals surface area (Å²) in [6.45, 7) is 1.78. The Hall–Kier alpha value is -1.48. The van der Waals surface area contributed by atoms with E-state index in [1.165, 1.54) is 12.1 Å². The van der Waals surface area contributed by atoms with E-state index in [2.05, 4.69) is 5.16 Å². The average molecular weight is 212 g/mol. The molecule has 0 bridgehead atoms. The Kier molecular flexibility index (Phi) is 3.54. The van der Waals surface area contributed by atoms with Gasteiger partial charge in [-0.3, -0.25) is 0 Å². The van der Waals surface area contributed by atoms with E-state index in [1.54, 1.807) is 25.1 Å². The van der Waals surface area contributed by atoms with Gasteiger partial charge in [-0.2, -0.15) is 0 Å². The molecule has 14 heavy (non-hydrogen) atoms. The molecule has 3 nitrogen and oxygen atoms in total. The molecule has 0 saturated carbocycles. The number of halogens is 1. The van der Waals surface area contributed by atoms with Crippen LogP contribution in [0.3, 0.4) is 0 Å². The lowest BCUT2D eigenvalue weighted by Gasteiger charge is -2.03. The molecule has 1 aromatic rings. The first kappa shape index (κ1) is 10.6. The van der Waals surface area contributed by atoms with E-state index in [0.29, 0.717) is 10.6 Å². The Bertz CT molecular complexity index is 386. The van der Waals surface area contributed by atoms with Crippen LogP contribution in [-0.4, -0.2) is 16.0 Å². The number of oxime groups is 1. The summed E-state index contributed by atoms with van der Waals surface area (Å²) >= 11 is 5.75. The summed E-state index contributed by atoms with van der Waals surface area (Å²) in [7, 11) is 0. The van der Waals surface area contributed by atoms with Crippen LogP contribution in [0.2, 0.25) is 5.02 Å². The van der Waals surface area contributed by atoms with Crippen LogP contribution < -0.4 is 0 Å². The van der Waals surface area contributed by atoms with E-state index in [-0.39, 0.29) is 11.5 Å². The number of hydrogen-bond donors (Lipinski definition) is 2. The second kappa shape index (κ2) is 4.67. The molecule has 0 saturated heterocycles. The van der Waals surface area contributed by atoms with Crippen molar-refractivity contribution in [2.75, 3.05) is 0 Å². The molecule has 1 rings (SSSR count). The van der Waals surface area contributed by atoms with Gasteiger partial charge in [0, 0.05) is 10.6 Å². The highest BCUT2D eigenvalue weighted by Crippen LogP contribution is 2.22. The van der Waals surface area contributed by atoms with Crippen LogP contribution in [0.25, 0.3) is 0 Å². The molecule has 0 aliphatic carbocycles. The van der Waals surface area contributed by atoms with Crippen LogP contribution in [0.5, 0.6) is 5.75 Å². The van der Waals surface area contributed by atoms with Crippen LogP contribution in [0.15, 0.2) is 35.5 Å². The maximum atomic E-state index is 9.48. The van der Waals surface area contributed by atoms with Crippen molar-refractivity contribution in [1.29, 1.82) is 0 Å². The number of phenols is 1. The standard InChI is InChI=1S/C10H10ClNO2/c1-2-3-9(12-14)8-6-7(11)4-5-10(8)13/h2-6,13-14H,1H3/b3-2+,12-9-. The summed E-state index contributed by atoms with van der Waals surface area (Å²) in [5, 5.41) is 21.7. The predicted octanol–water partition coefficient (Wildman–Crippen LogP) is 2.80. The highest BCUT2D eigenvalue weighted by Gasteiger charge is 2.07. The lowest BCUT2D eigenvalue weighted by atomic mass is 10.1. The molecule has 2 N–H and O–H groups in total. The number of hydrogen-bond acceptors (Lipinski definition) is 3. The van der Waals surface area contributed by atoms with Crippen molar-refractivity contribution in [2.24, 2.45) is 5.16 Å². The number of aromatic hydroxyl groups is 1. The number of rotatable bonds is 2. The quantitative estimate of drug-likeness (QED) is 0.449. The Balaban J connectivity index is 3.22. The molecule has 4 heteroatoms. The zero-order chi connectivity index (χ0) is 10.6. The number of nitrogens with zero attached hydrogens (tertiary/aromatic N) is 1. The normalized spacial score (nSPS) is 12.3. The van der Waals surface area contributed by atoms with Crippen molar-refractivity contribution in [3.05, 3.63) is 40.9 Å². The minimum absolute atomic E-state index is 0.0281. The molecule has 0 aromatic heterocycles. The third-order valence-electron chi connectivity index (χ3n) is 1.67. The number of phenolic OH excluding ortho intramolecular Hbond substituents is 1. The molecule has 0 amide bonds. The van der Waals surface area contributed by atoms with Crippen LogP contribution in [0.4, 0.5) is 0 Å². The molecule has 74 valence electrons. The van der Waals surface area contributed by atoms with Gasteiger partial charge < -0.3 is 10.3 Å². The molecule has 0 heterocycles. The first-order chi connectivity index (χ1) is 6.69. The first-order valence-electron chi connectivity index (χ1n) is 4.02. The average Bonchev–Trinajstić information content (AvgIpc) is 2.18. The van der Waals surface area contributed by atoms with Gasteiger partial charge in [-0.1, -0.05) is 22.8 Å². The van der Waals surface area contributed by atoms with Crippen molar-refractivity contribution in [3.8, 4) is 5.75 Å². The minimum Gasteiger partial charge on any atom is -0.507 e. The molecule has 0 fully saturated rings. The smallest absolute Gasteiger partial charge is 0.125 e. The lowest BCUT2D eigenvalue weighted by Crippen LogP contribution is -1.97. The summed E-state index contributed by atoms with van der Waals surface area (Å²) < 4.78 is 0. The fourth-order valence-corrected chi connectivity index (χ4v) is 1.22. The van der Waals surface area contributed by atoms with E-state index in [4.69, 9.17) is 16.8 Å². The maximum absolute atomic E-state index is 9.48.